The van der Waals surface area contributed by atoms with Crippen LogP contribution in [-0.2, 0) is 0 Å². The Morgan fingerprint density at radius 1 is 0.588 bits per heavy atom. The molecule has 0 saturated heterocycles. The lowest BCUT2D eigenvalue weighted by Crippen LogP contribution is -1.85. The van der Waals surface area contributed by atoms with Crippen LogP contribution in [0.1, 0.15) is 94.4 Å². The summed E-state index contributed by atoms with van der Waals surface area (Å²) in [5.74, 6) is 2.72. The number of hydrogen-bond donors (Lipinski definition) is 0. The first-order chi connectivity index (χ1) is 7.85. The van der Waals surface area contributed by atoms with E-state index in [9.17, 15) is 0 Å². The summed E-state index contributed by atoms with van der Waals surface area (Å²) in [6.07, 6.45) is 6.67. The van der Waals surface area contributed by atoms with E-state index in [1.165, 1.54) is 32.1 Å². The molecule has 0 aliphatic heterocycles. The Morgan fingerprint density at radius 2 is 0.941 bits per heavy atom. The van der Waals surface area contributed by atoms with E-state index in [0.29, 0.717) is 0 Å². The Morgan fingerprint density at radius 3 is 0.941 bits per heavy atom. The van der Waals surface area contributed by atoms with E-state index in [4.69, 9.17) is 0 Å². The summed E-state index contributed by atoms with van der Waals surface area (Å²) in [5.41, 5.74) is 0. The molecule has 0 spiro atoms. The summed E-state index contributed by atoms with van der Waals surface area (Å²) in [6, 6.07) is 0. The summed E-state index contributed by atoms with van der Waals surface area (Å²) in [6.45, 7) is 20.1. The van der Waals surface area contributed by atoms with Gasteiger partial charge in [-0.05, 0) is 17.8 Å². The van der Waals surface area contributed by atoms with Gasteiger partial charge in [0.15, 0.2) is 0 Å². The van der Waals surface area contributed by atoms with Gasteiger partial charge in [0.25, 0.3) is 0 Å². The van der Waals surface area contributed by atoms with Gasteiger partial charge in [-0.25, -0.2) is 0 Å². The SMILES string of the molecule is CCC(C)C.CCC(C)CC.CCCC(C)C. The van der Waals surface area contributed by atoms with Crippen molar-refractivity contribution in [3.8, 4) is 0 Å². The minimum atomic E-state index is 0.884. The standard InChI is InChI=1S/2C6H14.C5H12/c1-4-5-6(2)3;1-4-6(3)5-2;1-4-5(2)3/h2*6H,4-5H2,1-3H3;5H,4H2,1-3H3. The maximum absolute atomic E-state index is 2.28. The topological polar surface area (TPSA) is 0 Å². The molecule has 0 aromatic heterocycles. The monoisotopic (exact) mass is 244 g/mol. The smallest absolute Gasteiger partial charge is 0.0448 e. The van der Waals surface area contributed by atoms with Gasteiger partial charge < -0.3 is 0 Å². The minimum Gasteiger partial charge on any atom is -0.0654 e. The predicted octanol–water partition coefficient (Wildman–Crippen LogP) is 6.94. The maximum atomic E-state index is 2.28. The molecule has 0 aromatic carbocycles. The molecule has 0 saturated carbocycles. The average molecular weight is 245 g/mol. The molecule has 0 bridgehead atoms. The highest BCUT2D eigenvalue weighted by Gasteiger charge is 1.88. The molecule has 0 unspecified atom stereocenters. The van der Waals surface area contributed by atoms with E-state index in [2.05, 4.69) is 62.3 Å². The number of hydrogen-bond acceptors (Lipinski definition) is 0. The lowest BCUT2D eigenvalue weighted by atomic mass is 10.1. The molecule has 108 valence electrons. The highest BCUT2D eigenvalue weighted by molar-refractivity contribution is 4.41. The summed E-state index contributed by atoms with van der Waals surface area (Å²) in [5, 5.41) is 0. The predicted molar refractivity (Wildman–Crippen MR) is 84.6 cm³/mol. The second kappa shape index (κ2) is 18.4. The van der Waals surface area contributed by atoms with Crippen LogP contribution >= 0.6 is 0 Å². The summed E-state index contributed by atoms with van der Waals surface area (Å²) in [7, 11) is 0. The highest BCUT2D eigenvalue weighted by atomic mass is 13.9. The zero-order chi connectivity index (χ0) is 14.3. The van der Waals surface area contributed by atoms with Crippen molar-refractivity contribution in [1.29, 1.82) is 0 Å². The van der Waals surface area contributed by atoms with Crippen molar-refractivity contribution in [2.75, 3.05) is 0 Å². The first-order valence-electron chi connectivity index (χ1n) is 7.85. The van der Waals surface area contributed by atoms with Crippen molar-refractivity contribution < 1.29 is 0 Å². The second-order valence-electron chi connectivity index (χ2n) is 5.91. The molecule has 0 radical (unpaired) electrons. The Bertz CT molecular complexity index is 98.6. The van der Waals surface area contributed by atoms with Crippen molar-refractivity contribution in [3.63, 3.8) is 0 Å². The zero-order valence-electron chi connectivity index (χ0n) is 14.3. The third kappa shape index (κ3) is 38.7. The van der Waals surface area contributed by atoms with Crippen molar-refractivity contribution in [2.45, 2.75) is 94.4 Å². The number of rotatable bonds is 5. The Hall–Kier alpha value is 0. The minimum absolute atomic E-state index is 0.884. The molecule has 0 heterocycles. The van der Waals surface area contributed by atoms with Crippen LogP contribution in [-0.4, -0.2) is 0 Å². The molecule has 0 atom stereocenters. The van der Waals surface area contributed by atoms with Crippen LogP contribution in [0.4, 0.5) is 0 Å². The van der Waals surface area contributed by atoms with Crippen LogP contribution in [0.3, 0.4) is 0 Å². The van der Waals surface area contributed by atoms with Gasteiger partial charge in [0.05, 0.1) is 0 Å². The fourth-order valence-electron chi connectivity index (χ4n) is 0.866. The fraction of sp³-hybridized carbons (Fsp3) is 1.00. The van der Waals surface area contributed by atoms with E-state index in [1.807, 2.05) is 0 Å². The van der Waals surface area contributed by atoms with Crippen molar-refractivity contribution in [2.24, 2.45) is 17.8 Å². The van der Waals surface area contributed by atoms with Gasteiger partial charge in [-0.3, -0.25) is 0 Å². The first-order valence-corrected chi connectivity index (χ1v) is 7.85. The van der Waals surface area contributed by atoms with Crippen LogP contribution in [0.5, 0.6) is 0 Å². The highest BCUT2D eigenvalue weighted by Crippen LogP contribution is 2.02. The molecular weight excluding hydrogens is 204 g/mol. The normalized spacial score (nSPS) is 9.88. The fourth-order valence-corrected chi connectivity index (χ4v) is 0.866. The molecule has 0 fully saturated rings. The van der Waals surface area contributed by atoms with Crippen LogP contribution < -0.4 is 0 Å². The van der Waals surface area contributed by atoms with Crippen molar-refractivity contribution in [3.05, 3.63) is 0 Å². The molecule has 0 rings (SSSR count). The molecule has 0 aliphatic rings. The molecule has 0 aromatic rings. The molecule has 0 heteroatoms. The van der Waals surface area contributed by atoms with Crippen LogP contribution in [0.2, 0.25) is 0 Å². The lowest BCUT2D eigenvalue weighted by molar-refractivity contribution is 0.544. The van der Waals surface area contributed by atoms with Gasteiger partial charge in [0, 0.05) is 0 Å². The lowest BCUT2D eigenvalue weighted by Gasteiger charge is -1.98. The molecular formula is C17H40. The zero-order valence-corrected chi connectivity index (χ0v) is 14.3. The van der Waals surface area contributed by atoms with Gasteiger partial charge in [-0.2, -0.15) is 0 Å². The Balaban J connectivity index is -0.000000174. The van der Waals surface area contributed by atoms with Crippen LogP contribution in [0.15, 0.2) is 0 Å². The van der Waals surface area contributed by atoms with Gasteiger partial charge in [0.2, 0.25) is 0 Å². The molecule has 17 heavy (non-hydrogen) atoms. The third-order valence-corrected chi connectivity index (χ3v) is 3.08. The largest absolute Gasteiger partial charge is 0.0654 e. The summed E-state index contributed by atoms with van der Waals surface area (Å²) >= 11 is 0. The first kappa shape index (κ1) is 22.2. The van der Waals surface area contributed by atoms with E-state index in [0.717, 1.165) is 17.8 Å². The van der Waals surface area contributed by atoms with Gasteiger partial charge in [0.1, 0.15) is 0 Å². The summed E-state index contributed by atoms with van der Waals surface area (Å²) in [4.78, 5) is 0. The third-order valence-electron chi connectivity index (χ3n) is 3.08. The van der Waals surface area contributed by atoms with Crippen LogP contribution in [0.25, 0.3) is 0 Å². The van der Waals surface area contributed by atoms with Crippen LogP contribution in [0, 0.1) is 17.8 Å². The average Bonchev–Trinajstić information content (AvgIpc) is 2.29. The summed E-state index contributed by atoms with van der Waals surface area (Å²) < 4.78 is 0. The van der Waals surface area contributed by atoms with Gasteiger partial charge >= 0.3 is 0 Å². The quantitative estimate of drug-likeness (QED) is 0.491. The molecule has 0 nitrogen and oxygen atoms in total. The van der Waals surface area contributed by atoms with E-state index < -0.39 is 0 Å². The maximum Gasteiger partial charge on any atom is -0.0448 e. The van der Waals surface area contributed by atoms with Gasteiger partial charge in [-0.15, -0.1) is 0 Å². The molecule has 0 aliphatic carbocycles. The second-order valence-corrected chi connectivity index (χ2v) is 5.91. The Kier molecular flexibility index (Phi) is 24.0. The van der Waals surface area contributed by atoms with Crippen molar-refractivity contribution >= 4 is 0 Å². The molecule has 0 N–H and O–H groups in total. The van der Waals surface area contributed by atoms with Gasteiger partial charge in [-0.1, -0.05) is 94.4 Å². The van der Waals surface area contributed by atoms with E-state index in [1.54, 1.807) is 0 Å². The Labute approximate surface area is 113 Å². The van der Waals surface area contributed by atoms with E-state index in [-0.39, 0.29) is 0 Å². The molecule has 0 amide bonds. The van der Waals surface area contributed by atoms with Crippen molar-refractivity contribution in [1.82, 2.24) is 0 Å². The van der Waals surface area contributed by atoms with E-state index >= 15 is 0 Å².